The molecule has 0 bridgehead atoms. The van der Waals surface area contributed by atoms with Crippen molar-refractivity contribution in [1.82, 2.24) is 5.32 Å². The van der Waals surface area contributed by atoms with Crippen molar-refractivity contribution in [2.75, 3.05) is 27.4 Å². The van der Waals surface area contributed by atoms with E-state index < -0.39 is 0 Å². The average molecular weight is 255 g/mol. The monoisotopic (exact) mass is 254 g/mol. The van der Waals surface area contributed by atoms with Gasteiger partial charge in [0, 0.05) is 20.8 Å². The highest BCUT2D eigenvalue weighted by Crippen LogP contribution is 2.04. The molecule has 0 aromatic carbocycles. The minimum Gasteiger partial charge on any atom is -0.382 e. The van der Waals surface area contributed by atoms with Gasteiger partial charge < -0.3 is 20.5 Å². The van der Waals surface area contributed by atoms with Crippen LogP contribution >= 0.6 is 12.4 Å². The molecule has 0 saturated heterocycles. The molecule has 0 aromatic heterocycles. The van der Waals surface area contributed by atoms with Crippen molar-refractivity contribution in [2.24, 2.45) is 5.73 Å². The molecule has 6 heteroatoms. The van der Waals surface area contributed by atoms with Crippen LogP contribution in [0.15, 0.2) is 0 Å². The topological polar surface area (TPSA) is 73.6 Å². The Labute approximate surface area is 103 Å². The van der Waals surface area contributed by atoms with Crippen molar-refractivity contribution in [3.05, 3.63) is 0 Å². The van der Waals surface area contributed by atoms with E-state index in [-0.39, 0.29) is 36.4 Å². The summed E-state index contributed by atoms with van der Waals surface area (Å²) in [6.45, 7) is 4.62. The molecular formula is C10H23ClN2O3. The SMILES string of the molecule is COCC(C)(C)NC(=O)CC(CN)OC.Cl. The number of amides is 1. The molecule has 0 heterocycles. The van der Waals surface area contributed by atoms with Crippen molar-refractivity contribution in [3.63, 3.8) is 0 Å². The minimum absolute atomic E-state index is 0. The van der Waals surface area contributed by atoms with E-state index in [4.69, 9.17) is 15.2 Å². The lowest BCUT2D eigenvalue weighted by Crippen LogP contribution is -2.48. The number of carbonyl (C=O) groups is 1. The summed E-state index contributed by atoms with van der Waals surface area (Å²) in [5, 5.41) is 2.86. The molecule has 0 fully saturated rings. The first kappa shape index (κ1) is 18.0. The van der Waals surface area contributed by atoms with Crippen molar-refractivity contribution in [3.8, 4) is 0 Å². The Morgan fingerprint density at radius 1 is 1.44 bits per heavy atom. The van der Waals surface area contributed by atoms with Crippen LogP contribution in [0.3, 0.4) is 0 Å². The van der Waals surface area contributed by atoms with Gasteiger partial charge in [-0.15, -0.1) is 12.4 Å². The molecular weight excluding hydrogens is 232 g/mol. The van der Waals surface area contributed by atoms with Crippen LogP contribution in [-0.2, 0) is 14.3 Å². The molecule has 0 aromatic rings. The van der Waals surface area contributed by atoms with Gasteiger partial charge in [-0.2, -0.15) is 0 Å². The minimum atomic E-state index is -0.362. The number of rotatable bonds is 7. The zero-order chi connectivity index (χ0) is 11.9. The third-order valence-electron chi connectivity index (χ3n) is 1.99. The van der Waals surface area contributed by atoms with Crippen LogP contribution in [-0.4, -0.2) is 44.9 Å². The van der Waals surface area contributed by atoms with Crippen LogP contribution in [0.2, 0.25) is 0 Å². The van der Waals surface area contributed by atoms with E-state index >= 15 is 0 Å². The third-order valence-corrected chi connectivity index (χ3v) is 1.99. The first-order chi connectivity index (χ1) is 6.95. The van der Waals surface area contributed by atoms with Crippen LogP contribution in [0.5, 0.6) is 0 Å². The quantitative estimate of drug-likeness (QED) is 0.686. The Hall–Kier alpha value is -0.360. The molecule has 0 aliphatic heterocycles. The first-order valence-electron chi connectivity index (χ1n) is 4.98. The maximum absolute atomic E-state index is 11.6. The maximum Gasteiger partial charge on any atom is 0.223 e. The van der Waals surface area contributed by atoms with Crippen LogP contribution in [0.4, 0.5) is 0 Å². The highest BCUT2D eigenvalue weighted by Gasteiger charge is 2.21. The lowest BCUT2D eigenvalue weighted by Gasteiger charge is -2.26. The lowest BCUT2D eigenvalue weighted by atomic mass is 10.1. The van der Waals surface area contributed by atoms with Gasteiger partial charge in [0.2, 0.25) is 5.91 Å². The summed E-state index contributed by atoms with van der Waals surface area (Å²) in [6, 6.07) is 0. The van der Waals surface area contributed by atoms with Gasteiger partial charge in [0.25, 0.3) is 0 Å². The zero-order valence-electron chi connectivity index (χ0n) is 10.4. The molecule has 1 unspecified atom stereocenters. The second-order valence-electron chi connectivity index (χ2n) is 4.16. The second-order valence-corrected chi connectivity index (χ2v) is 4.16. The standard InChI is InChI=1S/C10H22N2O3.ClH/c1-10(2,7-14-3)12-9(13)5-8(6-11)15-4;/h8H,5-7,11H2,1-4H3,(H,12,13);1H. The molecule has 3 N–H and O–H groups in total. The van der Waals surface area contributed by atoms with Crippen molar-refractivity contribution < 1.29 is 14.3 Å². The van der Waals surface area contributed by atoms with Gasteiger partial charge in [-0.1, -0.05) is 0 Å². The lowest BCUT2D eigenvalue weighted by molar-refractivity contribution is -0.125. The molecule has 0 saturated carbocycles. The van der Waals surface area contributed by atoms with Crippen molar-refractivity contribution in [2.45, 2.75) is 31.9 Å². The number of halogens is 1. The Balaban J connectivity index is 0. The van der Waals surface area contributed by atoms with Gasteiger partial charge in [0.05, 0.1) is 24.7 Å². The van der Waals surface area contributed by atoms with Gasteiger partial charge in [-0.05, 0) is 13.8 Å². The molecule has 1 amide bonds. The third kappa shape index (κ3) is 7.87. The van der Waals surface area contributed by atoms with Crippen LogP contribution < -0.4 is 11.1 Å². The molecule has 16 heavy (non-hydrogen) atoms. The predicted molar refractivity (Wildman–Crippen MR) is 65.8 cm³/mol. The van der Waals surface area contributed by atoms with E-state index in [1.54, 1.807) is 14.2 Å². The molecule has 1 atom stereocenters. The first-order valence-corrected chi connectivity index (χ1v) is 4.98. The molecule has 0 radical (unpaired) electrons. The zero-order valence-corrected chi connectivity index (χ0v) is 11.2. The van der Waals surface area contributed by atoms with E-state index in [1.165, 1.54) is 0 Å². The predicted octanol–water partition coefficient (Wildman–Crippen LogP) is 0.313. The molecule has 0 aliphatic carbocycles. The fourth-order valence-electron chi connectivity index (χ4n) is 1.30. The van der Waals surface area contributed by atoms with Gasteiger partial charge in [0.1, 0.15) is 0 Å². The largest absolute Gasteiger partial charge is 0.382 e. The summed E-state index contributed by atoms with van der Waals surface area (Å²) in [4.78, 5) is 11.6. The molecule has 0 aliphatic rings. The Morgan fingerprint density at radius 2 is 2.00 bits per heavy atom. The maximum atomic E-state index is 11.6. The number of carbonyl (C=O) groups excluding carboxylic acids is 1. The smallest absolute Gasteiger partial charge is 0.223 e. The van der Waals surface area contributed by atoms with Crippen LogP contribution in [0.1, 0.15) is 20.3 Å². The molecule has 5 nitrogen and oxygen atoms in total. The molecule has 0 rings (SSSR count). The fraction of sp³-hybridized carbons (Fsp3) is 0.900. The summed E-state index contributed by atoms with van der Waals surface area (Å²) < 4.78 is 10.0. The van der Waals surface area contributed by atoms with Crippen LogP contribution in [0, 0.1) is 0 Å². The van der Waals surface area contributed by atoms with Crippen molar-refractivity contribution >= 4 is 18.3 Å². The summed E-state index contributed by atoms with van der Waals surface area (Å²) in [7, 11) is 3.15. The molecule has 98 valence electrons. The summed E-state index contributed by atoms with van der Waals surface area (Å²) in [5.41, 5.74) is 5.06. The molecule has 0 spiro atoms. The number of nitrogens with one attached hydrogen (secondary N) is 1. The normalized spacial score (nSPS) is 12.8. The van der Waals surface area contributed by atoms with Gasteiger partial charge in [-0.3, -0.25) is 4.79 Å². The van der Waals surface area contributed by atoms with Crippen molar-refractivity contribution in [1.29, 1.82) is 0 Å². The highest BCUT2D eigenvalue weighted by atomic mass is 35.5. The van der Waals surface area contributed by atoms with E-state index in [2.05, 4.69) is 5.32 Å². The van der Waals surface area contributed by atoms with E-state index in [1.807, 2.05) is 13.8 Å². The summed E-state index contributed by atoms with van der Waals surface area (Å²) in [5.74, 6) is -0.0747. The number of ether oxygens (including phenoxy) is 2. The number of nitrogens with two attached hydrogens (primary N) is 1. The Bertz CT molecular complexity index is 197. The van der Waals surface area contributed by atoms with E-state index in [9.17, 15) is 4.79 Å². The average Bonchev–Trinajstić information content (AvgIpc) is 2.13. The summed E-state index contributed by atoms with van der Waals surface area (Å²) in [6.07, 6.45) is 0.0588. The van der Waals surface area contributed by atoms with E-state index in [0.29, 0.717) is 13.2 Å². The van der Waals surface area contributed by atoms with Gasteiger partial charge in [0.15, 0.2) is 0 Å². The van der Waals surface area contributed by atoms with Gasteiger partial charge >= 0.3 is 0 Å². The Morgan fingerprint density at radius 3 is 2.38 bits per heavy atom. The highest BCUT2D eigenvalue weighted by molar-refractivity contribution is 5.85. The number of methoxy groups -OCH3 is 2. The van der Waals surface area contributed by atoms with Crippen LogP contribution in [0.25, 0.3) is 0 Å². The summed E-state index contributed by atoms with van der Waals surface area (Å²) >= 11 is 0. The van der Waals surface area contributed by atoms with E-state index in [0.717, 1.165) is 0 Å². The van der Waals surface area contributed by atoms with Gasteiger partial charge in [-0.25, -0.2) is 0 Å². The second kappa shape index (κ2) is 8.75. The number of hydrogen-bond donors (Lipinski definition) is 2. The fourth-order valence-corrected chi connectivity index (χ4v) is 1.30. The number of hydrogen-bond acceptors (Lipinski definition) is 4. The Kier molecular flexibility index (Phi) is 9.86.